The highest BCUT2D eigenvalue weighted by Crippen LogP contribution is 2.44. The number of para-hydroxylation sites is 2. The minimum Gasteiger partial charge on any atom is -0.377 e. The molecule has 144 heavy (non-hydrogen) atoms. The van der Waals surface area contributed by atoms with Gasteiger partial charge in [0.25, 0.3) is 22.2 Å². The van der Waals surface area contributed by atoms with Crippen LogP contribution < -0.4 is 63.1 Å². The van der Waals surface area contributed by atoms with E-state index >= 15 is 0 Å². The summed E-state index contributed by atoms with van der Waals surface area (Å²) in [4.78, 5) is 187. The number of benzene rings is 3. The van der Waals surface area contributed by atoms with Crippen molar-refractivity contribution in [3.63, 3.8) is 0 Å². The largest absolute Gasteiger partial charge is 0.377 e. The Labute approximate surface area is 844 Å². The van der Waals surface area contributed by atoms with E-state index in [0.29, 0.717) is 79.9 Å². The van der Waals surface area contributed by atoms with Crippen LogP contribution in [-0.2, 0) is 47.8 Å². The van der Waals surface area contributed by atoms with E-state index in [1.54, 1.807) is 92.8 Å². The number of rotatable bonds is 37. The molecule has 4 saturated heterocycles. The van der Waals surface area contributed by atoms with Crippen LogP contribution in [0.1, 0.15) is 275 Å². The van der Waals surface area contributed by atoms with Crippen LogP contribution in [0.15, 0.2) is 197 Å². The lowest BCUT2D eigenvalue weighted by Gasteiger charge is -2.39. The predicted molar refractivity (Wildman–Crippen MR) is 562 cm³/mol. The Morgan fingerprint density at radius 2 is 0.847 bits per heavy atom. The fourth-order valence-electron chi connectivity index (χ4n) is 20.6. The minimum absolute atomic E-state index is 0.000816. The second-order valence-electron chi connectivity index (χ2n) is 42.8. The number of ether oxygens (including phenoxy) is 2. The van der Waals surface area contributed by atoms with Crippen molar-refractivity contribution in [2.45, 2.75) is 274 Å². The summed E-state index contributed by atoms with van der Waals surface area (Å²) in [7, 11) is 0. The third-order valence-corrected chi connectivity index (χ3v) is 28.0. The first-order valence-electron chi connectivity index (χ1n) is 51.4. The van der Waals surface area contributed by atoms with Gasteiger partial charge in [0.05, 0.1) is 120 Å². The number of fused-ring (bicyclic) bond motifs is 4. The molecular weight excluding hydrogens is 1820 g/mol. The van der Waals surface area contributed by atoms with Crippen LogP contribution in [0.25, 0.3) is 21.8 Å². The highest BCUT2D eigenvalue weighted by Gasteiger charge is 2.41. The van der Waals surface area contributed by atoms with E-state index in [-0.39, 0.29) is 130 Å². The molecule has 11 heterocycles. The fourth-order valence-corrected chi connectivity index (χ4v) is 20.6. The molecule has 4 N–H and O–H groups in total. The molecule has 31 nitrogen and oxygen atoms in total. The molecule has 4 aliphatic heterocycles. The number of ketones is 4. The number of pyridine rings is 5. The Morgan fingerprint density at radius 3 is 1.26 bits per heavy atom. The maximum atomic E-state index is 13.8. The van der Waals surface area contributed by atoms with E-state index in [0.717, 1.165) is 107 Å². The van der Waals surface area contributed by atoms with Crippen molar-refractivity contribution in [3.8, 4) is 0 Å². The number of nitrogens with one attached hydrogen (secondary N) is 4. The van der Waals surface area contributed by atoms with Crippen molar-refractivity contribution in [1.82, 2.24) is 64.5 Å². The van der Waals surface area contributed by atoms with Crippen molar-refractivity contribution in [1.29, 1.82) is 0 Å². The second kappa shape index (κ2) is 49.5. The number of anilines is 4. The standard InChI is InChI=1S/C30H36N4O3.C28H35N5O4.C28H38N4O3.C27H38N4O4/c1-19(2)13-28(34-18-31-26-10-5-4-9-25(26)30(34)37)29(36)32-27(14-20(3)35)22-7-6-8-23(16-22)33-17-21-11-12-24(33)15-21;1-18(2)11-26(33-17-30-24-8-6-5-7-23(24)28(33)36)27(35)31-25(12-20(4)34)21-13-22(15-29-14-21)32-9-10-37-16-19(32)3;1-18(2)11-26(32-10-7-19(3)12-27(32)34)28(35)30-25(13-20(4)33)23-14-24(16-29-15-23)31-9-8-22(17-31)21-5-6-21;1-18(2)11-24(31-8-7-19(3)12-25(31)33)26(34)29-23(13-20(4)32)21-14-22(16-28-15-21)30-9-10-35-27(5,6)17-30/h4-10,16,18-19,21,24,27-28H,11-15,17H2,1-3H3,(H,32,36);5-8,13-15,17-19,25-26H,9-12,16H2,1-4H3,(H,31,35);7,10,12,14-16,18,21-22,25-26H,5-6,8-9,11,13,17H2,1-4H3,(H,30,35);7-8,12,14-16,18,23-24H,9-11,13,17H2,1-6H3,(H,29,34)/t21?,24?,27-,28-;19-,25-,26-;22-,25-,26-;23-,24-/m0000/s1. The number of amides is 4. The molecule has 12 atom stereocenters. The SMILES string of the molecule is CC(=O)C[C@H](NC(=O)[C@H](CC(C)C)n1ccc(C)cc1=O)c1cncc(N2CCOC(C)(C)C2)c1.CC(=O)C[C@H](NC(=O)[C@H](CC(C)C)n1ccc(C)cc1=O)c1cncc(N2CC[C@H](C3CC3)C2)c1.CC(=O)C[C@H](NC(=O)[C@H](CC(C)C)n1cnc2ccccc2c1=O)c1cccc(N2CC3CCC2C3)c1.CC(=O)C[C@H](NC(=O)[C@H](CC(C)C)n1cnc2ccccc2c1=O)c1cncc(N2CCOC[C@@H]2C)c1. The van der Waals surface area contributed by atoms with Crippen LogP contribution >= 0.6 is 0 Å². The molecule has 2 aliphatic carbocycles. The van der Waals surface area contributed by atoms with Crippen molar-refractivity contribution < 1.29 is 47.8 Å². The van der Waals surface area contributed by atoms with E-state index < -0.39 is 48.3 Å². The molecule has 2 saturated carbocycles. The van der Waals surface area contributed by atoms with Crippen molar-refractivity contribution >= 4 is 91.3 Å². The zero-order valence-corrected chi connectivity index (χ0v) is 86.9. The van der Waals surface area contributed by atoms with E-state index in [1.165, 1.54) is 96.3 Å². The summed E-state index contributed by atoms with van der Waals surface area (Å²) >= 11 is 0. The zero-order valence-electron chi connectivity index (χ0n) is 86.9. The first-order valence-corrected chi connectivity index (χ1v) is 51.4. The van der Waals surface area contributed by atoms with Gasteiger partial charge in [-0.25, -0.2) is 9.97 Å². The van der Waals surface area contributed by atoms with Crippen LogP contribution in [0, 0.1) is 55.3 Å². The van der Waals surface area contributed by atoms with Gasteiger partial charge in [0.1, 0.15) is 47.3 Å². The molecule has 768 valence electrons. The first-order chi connectivity index (χ1) is 68.7. The highest BCUT2D eigenvalue weighted by molar-refractivity contribution is 5.87. The Bertz CT molecular complexity index is 6260. The van der Waals surface area contributed by atoms with Gasteiger partial charge in [-0.3, -0.25) is 81.6 Å². The van der Waals surface area contributed by atoms with E-state index in [1.807, 2.05) is 124 Å². The van der Waals surface area contributed by atoms with E-state index in [9.17, 15) is 57.5 Å². The fraction of sp³-hybridized carbons (Fsp3) is 0.513. The zero-order chi connectivity index (χ0) is 103. The number of hydrogen-bond donors (Lipinski definition) is 4. The third-order valence-electron chi connectivity index (χ3n) is 28.0. The smallest absolute Gasteiger partial charge is 0.261 e. The average molecular weight is 1970 g/mol. The number of carbonyl (C=O) groups excluding carboxylic acids is 8. The highest BCUT2D eigenvalue weighted by atomic mass is 16.5. The number of nitrogens with zero attached hydrogens (tertiary/aromatic N) is 13. The van der Waals surface area contributed by atoms with Gasteiger partial charge in [0, 0.05) is 126 Å². The van der Waals surface area contributed by atoms with Gasteiger partial charge >= 0.3 is 0 Å². The molecule has 6 fully saturated rings. The Balaban J connectivity index is 0.000000161. The van der Waals surface area contributed by atoms with E-state index in [2.05, 4.69) is 105 Å². The Morgan fingerprint density at radius 1 is 0.424 bits per heavy atom. The lowest BCUT2D eigenvalue weighted by molar-refractivity contribution is -0.127. The monoisotopic (exact) mass is 1970 g/mol. The predicted octanol–water partition coefficient (Wildman–Crippen LogP) is 16.1. The number of Topliss-reactive ketones (excluding diaryl/α,β-unsaturated/α-hetero) is 4. The van der Waals surface area contributed by atoms with Gasteiger partial charge in [-0.1, -0.05) is 91.8 Å². The maximum absolute atomic E-state index is 13.8. The lowest BCUT2D eigenvalue weighted by Crippen LogP contribution is -2.48. The molecule has 0 radical (unpaired) electrons. The maximum Gasteiger partial charge on any atom is 0.261 e. The molecule has 0 spiro atoms. The number of piperidine rings is 1. The molecule has 31 heteroatoms. The molecule has 10 aromatic rings. The molecular formula is C113H147N17O14. The van der Waals surface area contributed by atoms with Gasteiger partial charge in [0.2, 0.25) is 23.6 Å². The number of hydrogen-bond acceptors (Lipinski definition) is 23. The quantitative estimate of drug-likeness (QED) is 0.0281. The summed E-state index contributed by atoms with van der Waals surface area (Å²) in [6.45, 7) is 39.4. The van der Waals surface area contributed by atoms with Crippen molar-refractivity contribution in [3.05, 3.63) is 252 Å². The molecule has 2 unspecified atom stereocenters. The van der Waals surface area contributed by atoms with Crippen molar-refractivity contribution in [2.75, 3.05) is 78.7 Å². The summed E-state index contributed by atoms with van der Waals surface area (Å²) < 4.78 is 17.2. The number of aryl methyl sites for hydroxylation is 2. The minimum atomic E-state index is -0.769. The topological polar surface area (TPSA) is 369 Å². The summed E-state index contributed by atoms with van der Waals surface area (Å²) in [5.74, 6) is 1.89. The van der Waals surface area contributed by atoms with Gasteiger partial charge in [-0.15, -0.1) is 0 Å². The van der Waals surface area contributed by atoms with Gasteiger partial charge in [-0.2, -0.15) is 0 Å². The van der Waals surface area contributed by atoms with Crippen LogP contribution in [0.5, 0.6) is 0 Å². The summed E-state index contributed by atoms with van der Waals surface area (Å²) in [5, 5.41) is 13.3. The average Bonchev–Trinajstić information content (AvgIpc) is 1.03. The third kappa shape index (κ3) is 29.2. The normalized spacial score (nSPS) is 18.7. The van der Waals surface area contributed by atoms with Gasteiger partial charge < -0.3 is 59.5 Å². The molecule has 4 amide bonds. The van der Waals surface area contributed by atoms with Crippen LogP contribution in [0.2, 0.25) is 0 Å². The van der Waals surface area contributed by atoms with E-state index in [4.69, 9.17) is 9.47 Å². The lowest BCUT2D eigenvalue weighted by atomic mass is 9.98. The molecule has 3 aromatic carbocycles. The van der Waals surface area contributed by atoms with Crippen LogP contribution in [0.4, 0.5) is 22.7 Å². The Kier molecular flexibility index (Phi) is 37.2. The second-order valence-corrected chi connectivity index (χ2v) is 42.8. The summed E-state index contributed by atoms with van der Waals surface area (Å²) in [6, 6.07) is 31.1. The van der Waals surface area contributed by atoms with Gasteiger partial charge in [0.15, 0.2) is 0 Å². The van der Waals surface area contributed by atoms with Gasteiger partial charge in [-0.05, 0) is 268 Å². The first kappa shape index (κ1) is 108. The van der Waals surface area contributed by atoms with Crippen molar-refractivity contribution in [2.24, 2.45) is 41.4 Å². The molecule has 2 bridgehead atoms. The van der Waals surface area contributed by atoms with Crippen LogP contribution in [0.3, 0.4) is 0 Å². The molecule has 6 aliphatic rings. The molecule has 7 aromatic heterocycles. The summed E-state index contributed by atoms with van der Waals surface area (Å²) in [6.07, 6.45) is 27.2. The number of morpholine rings is 2. The molecule has 16 rings (SSSR count). The number of aromatic nitrogens is 9. The Hall–Kier alpha value is -13.0. The summed E-state index contributed by atoms with van der Waals surface area (Å²) in [5.41, 5.74) is 8.99. The number of carbonyl (C=O) groups is 8. The van der Waals surface area contributed by atoms with Crippen LogP contribution in [-0.4, -0.2) is 167 Å².